The van der Waals surface area contributed by atoms with Crippen molar-refractivity contribution in [3.05, 3.63) is 328 Å². The lowest BCUT2D eigenvalue weighted by Gasteiger charge is -2.14. The molecule has 88 heavy (non-hydrogen) atoms. The van der Waals surface area contributed by atoms with Crippen molar-refractivity contribution in [3.63, 3.8) is 0 Å². The van der Waals surface area contributed by atoms with Gasteiger partial charge in [0.15, 0.2) is 11.6 Å². The van der Waals surface area contributed by atoms with Crippen molar-refractivity contribution in [2.45, 2.75) is 0 Å². The Balaban J connectivity index is 0.000000148. The first-order valence-electron chi connectivity index (χ1n) is 29.5. The van der Waals surface area contributed by atoms with Gasteiger partial charge in [-0.3, -0.25) is 9.97 Å². The van der Waals surface area contributed by atoms with E-state index in [2.05, 4.69) is 289 Å². The first-order valence-corrected chi connectivity index (χ1v) is 29.5. The van der Waals surface area contributed by atoms with E-state index >= 15 is 0 Å². The van der Waals surface area contributed by atoms with E-state index in [1.165, 1.54) is 38.1 Å². The minimum absolute atomic E-state index is 0.700. The van der Waals surface area contributed by atoms with Crippen LogP contribution >= 0.6 is 0 Å². The minimum atomic E-state index is 0.700. The zero-order valence-corrected chi connectivity index (χ0v) is 47.9. The van der Waals surface area contributed by atoms with Crippen LogP contribution in [0.15, 0.2) is 328 Å². The predicted molar refractivity (Wildman–Crippen MR) is 364 cm³/mol. The molecule has 12 aromatic carbocycles. The van der Waals surface area contributed by atoms with Gasteiger partial charge in [0.25, 0.3) is 0 Å². The van der Waals surface area contributed by atoms with Crippen LogP contribution in [-0.2, 0) is 0 Å². The van der Waals surface area contributed by atoms with Gasteiger partial charge in [-0.2, -0.15) is 0 Å². The molecule has 0 atom stereocenters. The maximum atomic E-state index is 5.25. The molecule has 4 heterocycles. The topological polar surface area (TPSA) is 77.3 Å². The quantitative estimate of drug-likeness (QED) is 0.127. The highest BCUT2D eigenvalue weighted by Gasteiger charge is 2.18. The van der Waals surface area contributed by atoms with Crippen LogP contribution in [-0.4, -0.2) is 29.9 Å². The van der Waals surface area contributed by atoms with Crippen molar-refractivity contribution in [1.29, 1.82) is 0 Å². The fourth-order valence-corrected chi connectivity index (χ4v) is 11.9. The Kier molecular flexibility index (Phi) is 14.2. The summed E-state index contributed by atoms with van der Waals surface area (Å²) in [6.07, 6.45) is 7.56. The van der Waals surface area contributed by atoms with Gasteiger partial charge in [-0.05, 0) is 126 Å². The number of benzene rings is 12. The molecule has 0 unspecified atom stereocenters. The van der Waals surface area contributed by atoms with Gasteiger partial charge < -0.3 is 0 Å². The van der Waals surface area contributed by atoms with Gasteiger partial charge >= 0.3 is 0 Å². The van der Waals surface area contributed by atoms with Crippen LogP contribution in [0.4, 0.5) is 0 Å². The molecule has 0 spiro atoms. The van der Waals surface area contributed by atoms with Crippen LogP contribution in [0.5, 0.6) is 0 Å². The molecule has 0 aliphatic rings. The Morgan fingerprint density at radius 3 is 1.22 bits per heavy atom. The van der Waals surface area contributed by atoms with E-state index in [-0.39, 0.29) is 0 Å². The number of rotatable bonds is 10. The van der Waals surface area contributed by atoms with Crippen molar-refractivity contribution in [1.82, 2.24) is 29.9 Å². The highest BCUT2D eigenvalue weighted by molar-refractivity contribution is 6.13. The smallest absolute Gasteiger partial charge is 0.161 e. The average molecular weight is 1120 g/mol. The highest BCUT2D eigenvalue weighted by Crippen LogP contribution is 2.39. The molecule has 0 saturated heterocycles. The maximum absolute atomic E-state index is 5.25. The Labute approximate surface area is 510 Å². The largest absolute Gasteiger partial charge is 0.264 e. The molecule has 4 aromatic heterocycles. The van der Waals surface area contributed by atoms with Gasteiger partial charge in [0.1, 0.15) is 0 Å². The number of hydrogen-bond acceptors (Lipinski definition) is 6. The van der Waals surface area contributed by atoms with Gasteiger partial charge in [-0.15, -0.1) is 0 Å². The second-order valence-electron chi connectivity index (χ2n) is 21.9. The summed E-state index contributed by atoms with van der Waals surface area (Å²) >= 11 is 0. The molecule has 0 N–H and O–H groups in total. The summed E-state index contributed by atoms with van der Waals surface area (Å²) in [5.41, 5.74) is 18.7. The van der Waals surface area contributed by atoms with Gasteiger partial charge in [0, 0.05) is 74.7 Å². The van der Waals surface area contributed by atoms with E-state index in [4.69, 9.17) is 19.9 Å². The summed E-state index contributed by atoms with van der Waals surface area (Å²) in [5.74, 6) is 1.40. The van der Waals surface area contributed by atoms with Crippen LogP contribution in [0.1, 0.15) is 0 Å². The van der Waals surface area contributed by atoms with E-state index in [1.807, 2.05) is 42.9 Å². The zero-order chi connectivity index (χ0) is 58.6. The molecule has 0 saturated carbocycles. The molecule has 0 fully saturated rings. The van der Waals surface area contributed by atoms with Gasteiger partial charge in [-0.25, -0.2) is 19.9 Å². The van der Waals surface area contributed by atoms with Crippen LogP contribution in [0.2, 0.25) is 0 Å². The molecule has 16 aromatic rings. The number of fused-ring (bicyclic) bond motifs is 5. The monoisotopic (exact) mass is 1120 g/mol. The number of nitrogens with zero attached hydrogens (tertiary/aromatic N) is 6. The second kappa shape index (κ2) is 23.7. The molecule has 6 heteroatoms. The van der Waals surface area contributed by atoms with Crippen LogP contribution < -0.4 is 0 Å². The normalized spacial score (nSPS) is 11.2. The summed E-state index contributed by atoms with van der Waals surface area (Å²) in [6.45, 7) is 0. The molecule has 0 aliphatic heterocycles. The summed E-state index contributed by atoms with van der Waals surface area (Å²) in [5, 5.41) is 9.38. The third-order valence-electron chi connectivity index (χ3n) is 16.3. The molecule has 0 amide bonds. The number of pyridine rings is 2. The first-order chi connectivity index (χ1) is 43.6. The lowest BCUT2D eigenvalue weighted by Crippen LogP contribution is -1.97. The lowest BCUT2D eigenvalue weighted by atomic mass is 9.96. The van der Waals surface area contributed by atoms with Crippen molar-refractivity contribution < 1.29 is 0 Å². The van der Waals surface area contributed by atoms with Crippen LogP contribution in [0.3, 0.4) is 0 Å². The fourth-order valence-electron chi connectivity index (χ4n) is 11.9. The summed E-state index contributed by atoms with van der Waals surface area (Å²) < 4.78 is 0. The molecule has 412 valence electrons. The second-order valence-corrected chi connectivity index (χ2v) is 21.9. The maximum Gasteiger partial charge on any atom is 0.161 e. The Bertz CT molecular complexity index is 5110. The van der Waals surface area contributed by atoms with E-state index < -0.39 is 0 Å². The zero-order valence-electron chi connectivity index (χ0n) is 47.9. The number of hydrogen-bond donors (Lipinski definition) is 0. The third kappa shape index (κ3) is 10.9. The molecule has 6 nitrogen and oxygen atoms in total. The Morgan fingerprint density at radius 1 is 0.182 bits per heavy atom. The van der Waals surface area contributed by atoms with Crippen molar-refractivity contribution in [3.8, 4) is 112 Å². The SMILES string of the molecule is c1ccc(-c2cccc(-c3cc(-c4cccc(-c5cccnc5)c4)nc(-c4cc5ccccc5c5ccccc45)n3)c2)cc1.c1ccc(-c2cccc(-c3cc(-c4cccc(-c5cncc6ccccc56)c4)nc(-c4ccc5ccccc5c4)n3)c2)cc1. The van der Waals surface area contributed by atoms with E-state index in [9.17, 15) is 0 Å². The van der Waals surface area contributed by atoms with E-state index in [1.54, 1.807) is 6.20 Å². The molecule has 0 bridgehead atoms. The van der Waals surface area contributed by atoms with Crippen molar-refractivity contribution in [2.75, 3.05) is 0 Å². The average Bonchev–Trinajstić information content (AvgIpc) is 1.37. The summed E-state index contributed by atoms with van der Waals surface area (Å²) in [6, 6.07) is 106. The molecule has 0 aliphatic carbocycles. The predicted octanol–water partition coefficient (Wildman–Crippen LogP) is 21.0. The first kappa shape index (κ1) is 52.9. The Morgan fingerprint density at radius 2 is 0.625 bits per heavy atom. The van der Waals surface area contributed by atoms with Crippen LogP contribution in [0.25, 0.3) is 155 Å². The van der Waals surface area contributed by atoms with Crippen LogP contribution in [0, 0.1) is 0 Å². The highest BCUT2D eigenvalue weighted by atomic mass is 14.9. The molecular formula is C82H54N6. The van der Waals surface area contributed by atoms with Crippen molar-refractivity contribution >= 4 is 43.1 Å². The van der Waals surface area contributed by atoms with Crippen molar-refractivity contribution in [2.24, 2.45) is 0 Å². The molecule has 0 radical (unpaired) electrons. The standard InChI is InChI=1S/2C41H27N3/c1-2-11-28(12-3-1)29-14-8-16-32(23-29)39-26-40(33-17-9-15-30(24-33)34-18-10-22-42-27-34)44-41(43-39)38-25-31-13-4-5-19-35(31)36-20-6-7-21-37(36)38;1-2-10-28(11-3-1)31-15-8-17-33(22-31)39-25-40(44-41(43-39)35-21-20-29-12-4-5-13-30(29)23-35)34-18-9-16-32(24-34)38-27-42-26-36-14-6-7-19-37(36)38/h2*1-27H. The van der Waals surface area contributed by atoms with Gasteiger partial charge in [0.05, 0.1) is 22.8 Å². The van der Waals surface area contributed by atoms with Gasteiger partial charge in [-0.1, -0.05) is 249 Å². The lowest BCUT2D eigenvalue weighted by molar-refractivity contribution is 1.18. The molecule has 16 rings (SSSR count). The number of aromatic nitrogens is 6. The third-order valence-corrected chi connectivity index (χ3v) is 16.3. The molecular weight excluding hydrogens is 1070 g/mol. The van der Waals surface area contributed by atoms with E-state index in [0.717, 1.165) is 106 Å². The summed E-state index contributed by atoms with van der Waals surface area (Å²) in [7, 11) is 0. The fraction of sp³-hybridized carbons (Fsp3) is 0. The minimum Gasteiger partial charge on any atom is -0.264 e. The van der Waals surface area contributed by atoms with E-state index in [0.29, 0.717) is 11.6 Å². The van der Waals surface area contributed by atoms with Gasteiger partial charge in [0.2, 0.25) is 0 Å². The Hall–Kier alpha value is -11.9. The summed E-state index contributed by atoms with van der Waals surface area (Å²) in [4.78, 5) is 29.7.